The number of aromatic nitrogens is 4. The number of benzene rings is 5. The van der Waals surface area contributed by atoms with E-state index in [4.69, 9.17) is 9.97 Å². The van der Waals surface area contributed by atoms with E-state index < -0.39 is 0 Å². The molecule has 0 spiro atoms. The lowest BCUT2D eigenvalue weighted by molar-refractivity contribution is 1.06. The number of imidazole rings is 2. The standard InChI is InChI=1S/C38H30N4S2/c1-5-16-29(17-6-1)33-34(30-18-7-2-8-19-30)40-37(39-33)43-25-27-14-13-15-28(24-27)26-44-38-41-35(31-20-9-3-10-21-31)36(42-38)32-22-11-4-12-23-32/h1-24H,25-26H2,(H,39,40)(H,41,42). The van der Waals surface area contributed by atoms with Crippen molar-refractivity contribution in [3.05, 3.63) is 157 Å². The normalized spacial score (nSPS) is 11.1. The van der Waals surface area contributed by atoms with Gasteiger partial charge in [0.2, 0.25) is 0 Å². The van der Waals surface area contributed by atoms with E-state index in [0.29, 0.717) is 0 Å². The quantitative estimate of drug-likeness (QED) is 0.152. The van der Waals surface area contributed by atoms with Crippen LogP contribution in [-0.2, 0) is 11.5 Å². The van der Waals surface area contributed by atoms with E-state index in [1.54, 1.807) is 23.5 Å². The Morgan fingerprint density at radius 2 is 0.773 bits per heavy atom. The lowest BCUT2D eigenvalue weighted by Gasteiger charge is -2.04. The maximum atomic E-state index is 5.02. The summed E-state index contributed by atoms with van der Waals surface area (Å²) in [5.74, 6) is 1.65. The van der Waals surface area contributed by atoms with Gasteiger partial charge in [-0.3, -0.25) is 0 Å². The molecule has 0 unspecified atom stereocenters. The molecular weight excluding hydrogens is 577 g/mol. The van der Waals surface area contributed by atoms with Gasteiger partial charge in [-0.05, 0) is 11.1 Å². The molecule has 7 aromatic rings. The highest BCUT2D eigenvalue weighted by atomic mass is 32.2. The number of thioether (sulfide) groups is 2. The van der Waals surface area contributed by atoms with E-state index in [0.717, 1.165) is 66.8 Å². The lowest BCUT2D eigenvalue weighted by Crippen LogP contribution is -1.87. The van der Waals surface area contributed by atoms with E-state index >= 15 is 0 Å². The molecule has 0 fully saturated rings. The highest BCUT2D eigenvalue weighted by molar-refractivity contribution is 7.98. The van der Waals surface area contributed by atoms with Crippen molar-refractivity contribution in [2.75, 3.05) is 0 Å². The number of hydrogen-bond donors (Lipinski definition) is 2. The third-order valence-electron chi connectivity index (χ3n) is 7.33. The van der Waals surface area contributed by atoms with Gasteiger partial charge in [-0.25, -0.2) is 9.97 Å². The molecule has 0 saturated carbocycles. The summed E-state index contributed by atoms with van der Waals surface area (Å²) in [5, 5.41) is 1.83. The highest BCUT2D eigenvalue weighted by Crippen LogP contribution is 2.35. The first-order chi connectivity index (χ1) is 21.8. The summed E-state index contributed by atoms with van der Waals surface area (Å²) < 4.78 is 0. The van der Waals surface area contributed by atoms with Gasteiger partial charge in [0, 0.05) is 33.8 Å². The van der Waals surface area contributed by atoms with Gasteiger partial charge in [-0.2, -0.15) is 0 Å². The maximum absolute atomic E-state index is 5.02. The first kappa shape index (κ1) is 28.0. The number of nitrogens with zero attached hydrogens (tertiary/aromatic N) is 2. The summed E-state index contributed by atoms with van der Waals surface area (Å²) in [6, 6.07) is 50.4. The van der Waals surface area contributed by atoms with Crippen LogP contribution in [0, 0.1) is 0 Å². The van der Waals surface area contributed by atoms with Gasteiger partial charge in [0.15, 0.2) is 10.3 Å². The summed E-state index contributed by atoms with van der Waals surface area (Å²) in [6.45, 7) is 0. The molecule has 2 N–H and O–H groups in total. The van der Waals surface area contributed by atoms with Gasteiger partial charge in [0.25, 0.3) is 0 Å². The zero-order valence-electron chi connectivity index (χ0n) is 24.0. The minimum absolute atomic E-state index is 0.825. The summed E-state index contributed by atoms with van der Waals surface area (Å²) >= 11 is 3.46. The van der Waals surface area contributed by atoms with Crippen molar-refractivity contribution < 1.29 is 0 Å². The van der Waals surface area contributed by atoms with Crippen LogP contribution in [0.2, 0.25) is 0 Å². The van der Waals surface area contributed by atoms with E-state index in [1.807, 2.05) is 24.3 Å². The average molecular weight is 607 g/mol. The van der Waals surface area contributed by atoms with E-state index in [2.05, 4.69) is 131 Å². The fourth-order valence-electron chi connectivity index (χ4n) is 5.19. The van der Waals surface area contributed by atoms with Crippen LogP contribution >= 0.6 is 23.5 Å². The minimum Gasteiger partial charge on any atom is -0.332 e. The molecule has 0 atom stereocenters. The number of nitrogens with one attached hydrogen (secondary N) is 2. The molecule has 0 amide bonds. The van der Waals surface area contributed by atoms with E-state index in [-0.39, 0.29) is 0 Å². The first-order valence-electron chi connectivity index (χ1n) is 14.6. The first-order valence-corrected chi connectivity index (χ1v) is 16.5. The highest BCUT2D eigenvalue weighted by Gasteiger charge is 2.16. The molecule has 2 heterocycles. The van der Waals surface area contributed by atoms with Crippen LogP contribution in [0.15, 0.2) is 156 Å². The monoisotopic (exact) mass is 606 g/mol. The smallest absolute Gasteiger partial charge is 0.166 e. The van der Waals surface area contributed by atoms with Crippen molar-refractivity contribution in [2.45, 2.75) is 21.8 Å². The summed E-state index contributed by atoms with van der Waals surface area (Å²) in [6.07, 6.45) is 0. The Labute approximate surface area is 266 Å². The third-order valence-corrected chi connectivity index (χ3v) is 9.21. The fourth-order valence-corrected chi connectivity index (χ4v) is 6.82. The van der Waals surface area contributed by atoms with Gasteiger partial charge >= 0.3 is 0 Å². The summed E-state index contributed by atoms with van der Waals surface area (Å²) in [5.41, 5.74) is 11.1. The molecule has 0 bridgehead atoms. The van der Waals surface area contributed by atoms with Crippen molar-refractivity contribution >= 4 is 23.5 Å². The molecule has 0 radical (unpaired) electrons. The van der Waals surface area contributed by atoms with Crippen LogP contribution < -0.4 is 0 Å². The van der Waals surface area contributed by atoms with Gasteiger partial charge in [-0.15, -0.1) is 0 Å². The molecule has 2 aromatic heterocycles. The van der Waals surface area contributed by atoms with Crippen molar-refractivity contribution in [2.24, 2.45) is 0 Å². The van der Waals surface area contributed by atoms with Crippen molar-refractivity contribution in [3.8, 4) is 45.0 Å². The van der Waals surface area contributed by atoms with Crippen LogP contribution in [0.5, 0.6) is 0 Å². The molecule has 4 nitrogen and oxygen atoms in total. The zero-order chi connectivity index (χ0) is 29.6. The number of hydrogen-bond acceptors (Lipinski definition) is 4. The Hall–Kier alpha value is -4.78. The Balaban J connectivity index is 1.07. The Kier molecular flexibility index (Phi) is 8.44. The van der Waals surface area contributed by atoms with Gasteiger partial charge in [-0.1, -0.05) is 169 Å². The number of rotatable bonds is 10. The molecule has 0 saturated heterocycles. The molecule has 0 aliphatic rings. The second-order valence-electron chi connectivity index (χ2n) is 10.4. The SMILES string of the molecule is c1ccc(-c2nc(SCc3cccc(CSc4nc(-c5ccccc5)c(-c5ccccc5)[nH]4)c3)[nH]c2-c2ccccc2)cc1. The Morgan fingerprint density at radius 3 is 1.16 bits per heavy atom. The molecule has 0 aliphatic heterocycles. The third kappa shape index (κ3) is 6.42. The van der Waals surface area contributed by atoms with Crippen molar-refractivity contribution in [1.29, 1.82) is 0 Å². The fraction of sp³-hybridized carbons (Fsp3) is 0.0526. The van der Waals surface area contributed by atoms with Gasteiger partial charge in [0.1, 0.15) is 0 Å². The molecule has 44 heavy (non-hydrogen) atoms. The second-order valence-corrected chi connectivity index (χ2v) is 12.3. The van der Waals surface area contributed by atoms with Crippen molar-refractivity contribution in [3.63, 3.8) is 0 Å². The number of H-pyrrole nitrogens is 2. The van der Waals surface area contributed by atoms with Crippen LogP contribution in [0.1, 0.15) is 11.1 Å². The lowest BCUT2D eigenvalue weighted by atomic mass is 10.1. The molecular formula is C38H30N4S2. The molecule has 6 heteroatoms. The second kappa shape index (κ2) is 13.2. The van der Waals surface area contributed by atoms with Crippen LogP contribution in [0.3, 0.4) is 0 Å². The molecule has 7 rings (SSSR count). The van der Waals surface area contributed by atoms with Crippen LogP contribution in [-0.4, -0.2) is 19.9 Å². The predicted molar refractivity (Wildman–Crippen MR) is 184 cm³/mol. The molecule has 214 valence electrons. The summed E-state index contributed by atoms with van der Waals surface area (Å²) in [7, 11) is 0. The zero-order valence-corrected chi connectivity index (χ0v) is 25.6. The van der Waals surface area contributed by atoms with Crippen molar-refractivity contribution in [1.82, 2.24) is 19.9 Å². The van der Waals surface area contributed by atoms with Gasteiger partial charge < -0.3 is 9.97 Å². The largest absolute Gasteiger partial charge is 0.332 e. The Bertz CT molecular complexity index is 1700. The van der Waals surface area contributed by atoms with E-state index in [1.165, 1.54) is 11.1 Å². The maximum Gasteiger partial charge on any atom is 0.166 e. The number of aromatic amines is 2. The average Bonchev–Trinajstić information content (AvgIpc) is 3.74. The predicted octanol–water partition coefficient (Wildman–Crippen LogP) is 10.4. The Morgan fingerprint density at radius 1 is 0.409 bits per heavy atom. The van der Waals surface area contributed by atoms with Crippen LogP contribution in [0.4, 0.5) is 0 Å². The summed E-state index contributed by atoms with van der Waals surface area (Å²) in [4.78, 5) is 17.2. The van der Waals surface area contributed by atoms with Gasteiger partial charge in [0.05, 0.1) is 22.8 Å². The topological polar surface area (TPSA) is 57.4 Å². The van der Waals surface area contributed by atoms with Crippen LogP contribution in [0.25, 0.3) is 45.0 Å². The van der Waals surface area contributed by atoms with E-state index in [9.17, 15) is 0 Å². The molecule has 5 aromatic carbocycles. The minimum atomic E-state index is 0.825. The molecule has 0 aliphatic carbocycles.